The molecule has 3 aromatic carbocycles. The van der Waals surface area contributed by atoms with Gasteiger partial charge in [0.05, 0.1) is 30.1 Å². The summed E-state index contributed by atoms with van der Waals surface area (Å²) in [7, 11) is 1.59. The van der Waals surface area contributed by atoms with E-state index in [0.717, 1.165) is 11.1 Å². The quantitative estimate of drug-likeness (QED) is 0.254. The maximum atomic E-state index is 13.5. The van der Waals surface area contributed by atoms with Crippen molar-refractivity contribution in [1.29, 1.82) is 0 Å². The maximum absolute atomic E-state index is 13.5. The van der Waals surface area contributed by atoms with E-state index in [1.165, 1.54) is 6.07 Å². The zero-order valence-electron chi connectivity index (χ0n) is 18.6. The van der Waals surface area contributed by atoms with Gasteiger partial charge >= 0.3 is 6.03 Å². The first-order valence-corrected chi connectivity index (χ1v) is 10.8. The van der Waals surface area contributed by atoms with Crippen molar-refractivity contribution < 1.29 is 19.1 Å². The third kappa shape index (κ3) is 4.02. The van der Waals surface area contributed by atoms with Gasteiger partial charge in [0.15, 0.2) is 5.78 Å². The molecule has 0 bridgehead atoms. The van der Waals surface area contributed by atoms with Crippen LogP contribution in [0.4, 0.5) is 16.2 Å². The minimum absolute atomic E-state index is 0.201. The Morgan fingerprint density at radius 1 is 1.00 bits per heavy atom. The Labute approximate surface area is 200 Å². The van der Waals surface area contributed by atoms with E-state index in [-0.39, 0.29) is 11.8 Å². The molecule has 0 fully saturated rings. The van der Waals surface area contributed by atoms with Gasteiger partial charge in [0, 0.05) is 16.8 Å². The number of nitrogens with one attached hydrogen (secondary N) is 5. The summed E-state index contributed by atoms with van der Waals surface area (Å²) in [5.41, 5.74) is 20.8. The van der Waals surface area contributed by atoms with Crippen molar-refractivity contribution in [2.75, 3.05) is 18.2 Å². The lowest BCUT2D eigenvalue weighted by molar-refractivity contribution is 0.0937. The molecule has 2 aliphatic rings. The summed E-state index contributed by atoms with van der Waals surface area (Å²) in [6.45, 7) is 0. The number of methoxy groups -OCH3 is 1. The summed E-state index contributed by atoms with van der Waals surface area (Å²) >= 11 is 0. The number of Topliss-reactive ketones (excluding diaryl/α,β-unsaturated/α-hetero) is 1. The Balaban J connectivity index is 1.34. The van der Waals surface area contributed by atoms with E-state index in [1.54, 1.807) is 37.4 Å². The summed E-state index contributed by atoms with van der Waals surface area (Å²) in [6, 6.07) is 17.9. The fourth-order valence-electron chi connectivity index (χ4n) is 4.21. The molecule has 35 heavy (non-hydrogen) atoms. The lowest BCUT2D eigenvalue weighted by Gasteiger charge is -2.13. The molecule has 0 aromatic heterocycles. The minimum Gasteiger partial charge on any atom is -0.497 e. The van der Waals surface area contributed by atoms with Crippen molar-refractivity contribution in [2.45, 2.75) is 6.04 Å². The highest BCUT2D eigenvalue weighted by molar-refractivity contribution is 6.22. The highest BCUT2D eigenvalue weighted by atomic mass is 16.5. The number of hydrogen-bond acceptors (Lipinski definition) is 7. The van der Waals surface area contributed by atoms with Crippen LogP contribution in [0.1, 0.15) is 37.9 Å². The number of nitrogens with two attached hydrogens (primary N) is 1. The van der Waals surface area contributed by atoms with Crippen molar-refractivity contribution in [3.63, 3.8) is 0 Å². The highest BCUT2D eigenvalue weighted by Crippen LogP contribution is 2.44. The van der Waals surface area contributed by atoms with Crippen LogP contribution in [0.5, 0.6) is 5.75 Å². The van der Waals surface area contributed by atoms with Gasteiger partial charge in [-0.1, -0.05) is 18.2 Å². The Kier molecular flexibility index (Phi) is 5.55. The summed E-state index contributed by atoms with van der Waals surface area (Å²) < 4.78 is 5.21. The van der Waals surface area contributed by atoms with E-state index in [1.807, 2.05) is 30.3 Å². The van der Waals surface area contributed by atoms with Gasteiger partial charge in [0.25, 0.3) is 5.91 Å². The Morgan fingerprint density at radius 2 is 1.77 bits per heavy atom. The van der Waals surface area contributed by atoms with Crippen LogP contribution < -0.4 is 37.5 Å². The molecule has 7 N–H and O–H groups in total. The van der Waals surface area contributed by atoms with E-state index in [9.17, 15) is 14.4 Å². The molecule has 1 unspecified atom stereocenters. The van der Waals surface area contributed by atoms with Crippen LogP contribution in [0.2, 0.25) is 0 Å². The molecule has 1 heterocycles. The zero-order chi connectivity index (χ0) is 24.5. The standard InChI is InChI=1S/C25H22N6O4/c1-35-16-10-8-13(9-11-16)21-20-22(29-28-21)17-6-3-7-18(19(17)23(20)32)27-25(34)31-30-24(33)14-4-2-5-15(26)12-14/h2-12,22,28-29H,26H2,1H3,(H,30,33)(H2,27,31,34). The van der Waals surface area contributed by atoms with Crippen molar-refractivity contribution in [1.82, 2.24) is 21.7 Å². The van der Waals surface area contributed by atoms with Crippen molar-refractivity contribution >= 4 is 34.8 Å². The number of carbonyl (C=O) groups excluding carboxylic acids is 3. The number of ether oxygens (including phenoxy) is 1. The number of amides is 3. The van der Waals surface area contributed by atoms with Crippen LogP contribution >= 0.6 is 0 Å². The number of benzene rings is 3. The third-order valence-corrected chi connectivity index (χ3v) is 5.84. The number of urea groups is 1. The maximum Gasteiger partial charge on any atom is 0.337 e. The minimum atomic E-state index is -0.698. The molecule has 5 rings (SSSR count). The fraction of sp³-hybridized carbons (Fsp3) is 0.0800. The monoisotopic (exact) mass is 470 g/mol. The lowest BCUT2D eigenvalue weighted by Crippen LogP contribution is -2.44. The van der Waals surface area contributed by atoms with Crippen LogP contribution in [0.3, 0.4) is 0 Å². The molecular weight excluding hydrogens is 448 g/mol. The average Bonchev–Trinajstić information content (AvgIpc) is 3.43. The van der Waals surface area contributed by atoms with E-state index < -0.39 is 11.9 Å². The molecule has 1 aliphatic carbocycles. The van der Waals surface area contributed by atoms with Crippen LogP contribution in [0, 0.1) is 0 Å². The normalized spacial score (nSPS) is 15.7. The van der Waals surface area contributed by atoms with Crippen LogP contribution in [0.15, 0.2) is 72.3 Å². The molecule has 0 saturated carbocycles. The Morgan fingerprint density at radius 3 is 2.51 bits per heavy atom. The van der Waals surface area contributed by atoms with Gasteiger partial charge in [-0.25, -0.2) is 15.6 Å². The van der Waals surface area contributed by atoms with Crippen molar-refractivity contribution in [3.05, 3.63) is 94.6 Å². The average molecular weight is 470 g/mol. The summed E-state index contributed by atoms with van der Waals surface area (Å²) in [4.78, 5) is 38.2. The summed E-state index contributed by atoms with van der Waals surface area (Å²) in [5.74, 6) is -0.0165. The zero-order valence-corrected chi connectivity index (χ0v) is 18.6. The van der Waals surface area contributed by atoms with E-state index in [2.05, 4.69) is 27.0 Å². The number of hydrazine groups is 2. The molecular formula is C25H22N6O4. The molecule has 176 valence electrons. The smallest absolute Gasteiger partial charge is 0.337 e. The SMILES string of the molecule is COc1ccc(C2=C3C(=O)c4c(NC(=O)NNC(=O)c5cccc(N)c5)cccc4C3NN2)cc1. The second-order valence-electron chi connectivity index (χ2n) is 7.98. The number of nitrogen functional groups attached to an aromatic ring is 1. The first-order valence-electron chi connectivity index (χ1n) is 10.8. The highest BCUT2D eigenvalue weighted by Gasteiger charge is 2.42. The van der Waals surface area contributed by atoms with Gasteiger partial charge in [0.1, 0.15) is 5.75 Å². The van der Waals surface area contributed by atoms with Gasteiger partial charge in [0.2, 0.25) is 0 Å². The largest absolute Gasteiger partial charge is 0.497 e. The van der Waals surface area contributed by atoms with Crippen molar-refractivity contribution in [2.24, 2.45) is 0 Å². The molecule has 10 nitrogen and oxygen atoms in total. The van der Waals surface area contributed by atoms with Gasteiger partial charge < -0.3 is 21.2 Å². The number of fused-ring (bicyclic) bond motifs is 3. The van der Waals surface area contributed by atoms with Crippen molar-refractivity contribution in [3.8, 4) is 5.75 Å². The molecule has 0 saturated heterocycles. The number of carbonyl (C=O) groups is 3. The molecule has 0 radical (unpaired) electrons. The first kappa shape index (κ1) is 22.0. The van der Waals surface area contributed by atoms with Crippen LogP contribution in [0.25, 0.3) is 5.70 Å². The van der Waals surface area contributed by atoms with E-state index >= 15 is 0 Å². The molecule has 3 aromatic rings. The van der Waals surface area contributed by atoms with Gasteiger partial charge in [-0.3, -0.25) is 15.0 Å². The molecule has 0 spiro atoms. The van der Waals surface area contributed by atoms with E-state index in [0.29, 0.717) is 39.5 Å². The van der Waals surface area contributed by atoms with Crippen LogP contribution in [-0.4, -0.2) is 24.8 Å². The van der Waals surface area contributed by atoms with Gasteiger partial charge in [-0.2, -0.15) is 0 Å². The second kappa shape index (κ2) is 8.84. The van der Waals surface area contributed by atoms with Crippen LogP contribution in [-0.2, 0) is 0 Å². The second-order valence-corrected chi connectivity index (χ2v) is 7.98. The first-order chi connectivity index (χ1) is 17.0. The molecule has 3 amide bonds. The Bertz CT molecular complexity index is 1380. The van der Waals surface area contributed by atoms with Gasteiger partial charge in [-0.15, -0.1) is 0 Å². The van der Waals surface area contributed by atoms with Gasteiger partial charge in [-0.05, 0) is 59.7 Å². The van der Waals surface area contributed by atoms with E-state index in [4.69, 9.17) is 10.5 Å². The molecule has 10 heteroatoms. The Hall–Kier alpha value is -4.83. The molecule has 1 atom stereocenters. The number of ketones is 1. The number of hydrogen-bond donors (Lipinski definition) is 6. The topological polar surface area (TPSA) is 147 Å². The predicted octanol–water partition coefficient (Wildman–Crippen LogP) is 2.50. The predicted molar refractivity (Wildman–Crippen MR) is 130 cm³/mol. The lowest BCUT2D eigenvalue weighted by atomic mass is 10.0. The third-order valence-electron chi connectivity index (χ3n) is 5.84. The summed E-state index contributed by atoms with van der Waals surface area (Å²) in [5, 5.41) is 2.65. The number of anilines is 2. The summed E-state index contributed by atoms with van der Waals surface area (Å²) in [6.07, 6.45) is 0. The molecule has 1 aliphatic heterocycles. The fourth-order valence-corrected chi connectivity index (χ4v) is 4.21. The number of rotatable bonds is 4.